The minimum Gasteiger partial charge on any atom is -0.383 e. The van der Waals surface area contributed by atoms with Crippen molar-refractivity contribution in [2.24, 2.45) is 0 Å². The first-order valence-electron chi connectivity index (χ1n) is 9.62. The number of aromatic amines is 1. The zero-order valence-corrected chi connectivity index (χ0v) is 17.3. The summed E-state index contributed by atoms with van der Waals surface area (Å²) >= 11 is 0. The molecule has 0 radical (unpaired) electrons. The monoisotopic (exact) mass is 425 g/mol. The molecule has 162 valence electrons. The van der Waals surface area contributed by atoms with Crippen molar-refractivity contribution in [2.75, 3.05) is 31.3 Å². The molecule has 1 amide bonds. The molecule has 0 fully saturated rings. The van der Waals surface area contributed by atoms with Crippen LogP contribution in [0.15, 0.2) is 64.2 Å². The molecule has 0 unspecified atom stereocenters. The van der Waals surface area contributed by atoms with Gasteiger partial charge in [-0.3, -0.25) is 19.1 Å². The third kappa shape index (κ3) is 5.19. The average molecular weight is 425 g/mol. The molecule has 9 heteroatoms. The van der Waals surface area contributed by atoms with Gasteiger partial charge in [0.15, 0.2) is 0 Å². The van der Waals surface area contributed by atoms with Crippen LogP contribution in [0.3, 0.4) is 0 Å². The normalized spacial score (nSPS) is 10.7. The number of nitrogens with two attached hydrogens (primary N) is 1. The summed E-state index contributed by atoms with van der Waals surface area (Å²) < 4.78 is 14.3. The van der Waals surface area contributed by atoms with Crippen molar-refractivity contribution >= 4 is 17.4 Å². The summed E-state index contributed by atoms with van der Waals surface area (Å²) in [4.78, 5) is 42.5. The molecule has 31 heavy (non-hydrogen) atoms. The second kappa shape index (κ2) is 9.29. The number of amides is 1. The van der Waals surface area contributed by atoms with Gasteiger partial charge in [-0.15, -0.1) is 0 Å². The number of likely N-dealkylation sites (N-methyl/N-ethyl adjacent to an activating group) is 2. The lowest BCUT2D eigenvalue weighted by molar-refractivity contribution is -0.128. The lowest BCUT2D eigenvalue weighted by Crippen LogP contribution is -2.41. The molecule has 2 aromatic carbocycles. The number of nitrogens with one attached hydrogen (secondary N) is 1. The number of aromatic nitrogens is 2. The summed E-state index contributed by atoms with van der Waals surface area (Å²) in [6, 6.07) is 15.1. The number of carbonyl (C=O) groups excluding carboxylic acids is 1. The fraction of sp³-hybridized carbons (Fsp3) is 0.227. The predicted octanol–water partition coefficient (Wildman–Crippen LogP) is 1.40. The molecule has 1 heterocycles. The Balaban J connectivity index is 1.78. The molecule has 0 bridgehead atoms. The summed E-state index contributed by atoms with van der Waals surface area (Å²) in [5.74, 6) is -0.640. The summed E-state index contributed by atoms with van der Waals surface area (Å²) in [5, 5.41) is 0. The molecular formula is C22H24FN5O3. The van der Waals surface area contributed by atoms with Crippen molar-refractivity contribution in [1.29, 1.82) is 0 Å². The highest BCUT2D eigenvalue weighted by atomic mass is 19.1. The van der Waals surface area contributed by atoms with E-state index in [1.165, 1.54) is 26.5 Å². The Hall–Kier alpha value is -3.88. The van der Waals surface area contributed by atoms with Crippen LogP contribution < -0.4 is 21.9 Å². The van der Waals surface area contributed by atoms with Crippen LogP contribution in [-0.4, -0.2) is 41.0 Å². The number of hydrogen-bond donors (Lipinski definition) is 2. The second-order valence-electron chi connectivity index (χ2n) is 7.30. The van der Waals surface area contributed by atoms with E-state index in [1.807, 2.05) is 30.3 Å². The van der Waals surface area contributed by atoms with Crippen LogP contribution in [0.1, 0.15) is 11.1 Å². The first kappa shape index (κ1) is 21.8. The molecule has 0 spiro atoms. The highest BCUT2D eigenvalue weighted by molar-refractivity contribution is 5.82. The van der Waals surface area contributed by atoms with E-state index in [0.29, 0.717) is 0 Å². The quantitative estimate of drug-likeness (QED) is 0.596. The number of rotatable bonds is 7. The first-order valence-corrected chi connectivity index (χ1v) is 9.62. The number of nitrogens with zero attached hydrogens (tertiary/aromatic N) is 3. The maximum atomic E-state index is 13.1. The van der Waals surface area contributed by atoms with Crippen LogP contribution in [0.4, 0.5) is 15.9 Å². The second-order valence-corrected chi connectivity index (χ2v) is 7.30. The van der Waals surface area contributed by atoms with Crippen LogP contribution in [0.5, 0.6) is 0 Å². The van der Waals surface area contributed by atoms with Crippen LogP contribution in [0, 0.1) is 5.82 Å². The smallest absolute Gasteiger partial charge is 0.330 e. The molecule has 0 aliphatic carbocycles. The number of H-pyrrole nitrogens is 1. The van der Waals surface area contributed by atoms with E-state index in [4.69, 9.17) is 5.73 Å². The molecule has 8 nitrogen and oxygen atoms in total. The van der Waals surface area contributed by atoms with E-state index in [-0.39, 0.29) is 42.9 Å². The van der Waals surface area contributed by atoms with Gasteiger partial charge in [-0.05, 0) is 23.3 Å². The molecule has 0 atom stereocenters. The molecule has 0 aliphatic rings. The lowest BCUT2D eigenvalue weighted by atomic mass is 10.2. The zero-order chi connectivity index (χ0) is 22.5. The van der Waals surface area contributed by atoms with Gasteiger partial charge in [0, 0.05) is 20.6 Å². The summed E-state index contributed by atoms with van der Waals surface area (Å²) in [6.07, 6.45) is 0. The highest BCUT2D eigenvalue weighted by Gasteiger charge is 2.20. The topological polar surface area (TPSA) is 104 Å². The minimum absolute atomic E-state index is 0.0194. The Morgan fingerprint density at radius 2 is 1.68 bits per heavy atom. The first-order chi connectivity index (χ1) is 14.8. The average Bonchev–Trinajstić information content (AvgIpc) is 2.73. The third-order valence-corrected chi connectivity index (χ3v) is 4.91. The van der Waals surface area contributed by atoms with E-state index in [2.05, 4.69) is 4.98 Å². The van der Waals surface area contributed by atoms with Crippen LogP contribution in [-0.2, 0) is 17.9 Å². The van der Waals surface area contributed by atoms with Gasteiger partial charge >= 0.3 is 5.69 Å². The van der Waals surface area contributed by atoms with Crippen molar-refractivity contribution in [3.63, 3.8) is 0 Å². The highest BCUT2D eigenvalue weighted by Crippen LogP contribution is 2.16. The van der Waals surface area contributed by atoms with Gasteiger partial charge in [-0.1, -0.05) is 42.5 Å². The molecule has 0 saturated heterocycles. The van der Waals surface area contributed by atoms with Gasteiger partial charge in [-0.2, -0.15) is 0 Å². The SMILES string of the molecule is CN(Cc1ccc(F)cc1)C(=O)CN(C)c1c(N)n(Cc2ccccc2)c(=O)[nH]c1=O. The Morgan fingerprint density at radius 1 is 1.03 bits per heavy atom. The maximum Gasteiger partial charge on any atom is 0.330 e. The van der Waals surface area contributed by atoms with Crippen molar-refractivity contribution in [3.05, 3.63) is 92.4 Å². The molecule has 3 aromatic rings. The Labute approximate surface area is 178 Å². The van der Waals surface area contributed by atoms with E-state index < -0.39 is 11.2 Å². The van der Waals surface area contributed by atoms with E-state index in [9.17, 15) is 18.8 Å². The lowest BCUT2D eigenvalue weighted by Gasteiger charge is -2.24. The molecule has 1 aromatic heterocycles. The van der Waals surface area contributed by atoms with Gasteiger partial charge in [0.25, 0.3) is 5.56 Å². The number of halogens is 1. The molecular weight excluding hydrogens is 401 g/mol. The molecule has 0 saturated carbocycles. The summed E-state index contributed by atoms with van der Waals surface area (Å²) in [6.45, 7) is 0.336. The summed E-state index contributed by atoms with van der Waals surface area (Å²) in [7, 11) is 3.17. The predicted molar refractivity (Wildman–Crippen MR) is 117 cm³/mol. The van der Waals surface area contributed by atoms with Gasteiger partial charge in [0.05, 0.1) is 13.1 Å². The molecule has 3 N–H and O–H groups in total. The Bertz CT molecular complexity index is 1170. The van der Waals surface area contributed by atoms with Gasteiger partial charge in [0.2, 0.25) is 5.91 Å². The number of anilines is 2. The summed E-state index contributed by atoms with van der Waals surface area (Å²) in [5.41, 5.74) is 6.53. The van der Waals surface area contributed by atoms with Crippen molar-refractivity contribution in [1.82, 2.24) is 14.5 Å². The number of carbonyl (C=O) groups is 1. The van der Waals surface area contributed by atoms with Gasteiger partial charge in [-0.25, -0.2) is 9.18 Å². The number of hydrogen-bond acceptors (Lipinski definition) is 5. The molecule has 3 rings (SSSR count). The van der Waals surface area contributed by atoms with Gasteiger partial charge < -0.3 is 15.5 Å². The standard InChI is InChI=1S/C22H24FN5O3/c1-26(12-16-8-10-17(23)11-9-16)18(29)14-27(2)19-20(24)28(22(31)25-21(19)30)13-15-6-4-3-5-7-15/h3-11H,12-14,24H2,1-2H3,(H,25,30,31). The van der Waals surface area contributed by atoms with Crippen molar-refractivity contribution < 1.29 is 9.18 Å². The van der Waals surface area contributed by atoms with Gasteiger partial charge in [0.1, 0.15) is 17.3 Å². The largest absolute Gasteiger partial charge is 0.383 e. The fourth-order valence-electron chi connectivity index (χ4n) is 3.22. The fourth-order valence-corrected chi connectivity index (χ4v) is 3.22. The van der Waals surface area contributed by atoms with E-state index in [1.54, 1.807) is 26.2 Å². The van der Waals surface area contributed by atoms with Crippen LogP contribution in [0.2, 0.25) is 0 Å². The third-order valence-electron chi connectivity index (χ3n) is 4.91. The Morgan fingerprint density at radius 3 is 2.32 bits per heavy atom. The number of benzene rings is 2. The van der Waals surface area contributed by atoms with Crippen molar-refractivity contribution in [3.8, 4) is 0 Å². The van der Waals surface area contributed by atoms with E-state index in [0.717, 1.165) is 11.1 Å². The Kier molecular flexibility index (Phi) is 6.54. The minimum atomic E-state index is -0.664. The maximum absolute atomic E-state index is 13.1. The number of nitrogen functional groups attached to an aromatic ring is 1. The zero-order valence-electron chi connectivity index (χ0n) is 17.3. The van der Waals surface area contributed by atoms with Crippen LogP contribution in [0.25, 0.3) is 0 Å². The van der Waals surface area contributed by atoms with Crippen LogP contribution >= 0.6 is 0 Å². The van der Waals surface area contributed by atoms with E-state index >= 15 is 0 Å². The van der Waals surface area contributed by atoms with Crippen molar-refractivity contribution in [2.45, 2.75) is 13.1 Å². The molecule has 0 aliphatic heterocycles.